The van der Waals surface area contributed by atoms with Gasteiger partial charge in [0.25, 0.3) is 0 Å². The predicted molar refractivity (Wildman–Crippen MR) is 103 cm³/mol. The zero-order chi connectivity index (χ0) is 17.7. The second-order valence-corrected chi connectivity index (χ2v) is 6.54. The molecule has 3 heteroatoms. The van der Waals surface area contributed by atoms with Crippen LogP contribution in [0.4, 0.5) is 0 Å². The van der Waals surface area contributed by atoms with E-state index in [4.69, 9.17) is 11.6 Å². The summed E-state index contributed by atoms with van der Waals surface area (Å²) in [6, 6.07) is 27.2. The molecule has 0 saturated heterocycles. The van der Waals surface area contributed by atoms with E-state index >= 15 is 0 Å². The van der Waals surface area contributed by atoms with Crippen molar-refractivity contribution in [3.05, 3.63) is 107 Å². The molecule has 0 aliphatic rings. The van der Waals surface area contributed by atoms with Gasteiger partial charge >= 0.3 is 0 Å². The molecule has 3 rings (SSSR count). The smallest absolute Gasteiger partial charge is 0.235 e. The first-order chi connectivity index (χ1) is 12.1. The SMILES string of the molecule is CC(C(=O)NCc1ccccc1Cl)(c1ccccc1)c1ccccc1. The number of carbonyl (C=O) groups excluding carboxylic acids is 1. The van der Waals surface area contributed by atoms with Crippen molar-refractivity contribution >= 4 is 17.5 Å². The fourth-order valence-corrected chi connectivity index (χ4v) is 3.17. The van der Waals surface area contributed by atoms with Gasteiger partial charge in [0.2, 0.25) is 5.91 Å². The normalized spacial score (nSPS) is 11.1. The number of amides is 1. The van der Waals surface area contributed by atoms with Gasteiger partial charge in [-0.25, -0.2) is 0 Å². The fraction of sp³-hybridized carbons (Fsp3) is 0.136. The molecule has 0 saturated carbocycles. The monoisotopic (exact) mass is 349 g/mol. The summed E-state index contributed by atoms with van der Waals surface area (Å²) in [6.45, 7) is 2.35. The highest BCUT2D eigenvalue weighted by molar-refractivity contribution is 6.31. The maximum atomic E-state index is 13.2. The Bertz CT molecular complexity index is 807. The van der Waals surface area contributed by atoms with E-state index in [0.717, 1.165) is 16.7 Å². The molecule has 0 aliphatic carbocycles. The lowest BCUT2D eigenvalue weighted by molar-refractivity contribution is -0.125. The lowest BCUT2D eigenvalue weighted by Gasteiger charge is -2.29. The van der Waals surface area contributed by atoms with E-state index in [1.165, 1.54) is 0 Å². The van der Waals surface area contributed by atoms with E-state index in [1.54, 1.807) is 0 Å². The Kier molecular flexibility index (Phi) is 5.20. The number of hydrogen-bond donors (Lipinski definition) is 1. The number of rotatable bonds is 5. The molecule has 3 aromatic carbocycles. The first-order valence-corrected chi connectivity index (χ1v) is 8.63. The summed E-state index contributed by atoms with van der Waals surface area (Å²) < 4.78 is 0. The Labute approximate surface area is 153 Å². The van der Waals surface area contributed by atoms with E-state index in [9.17, 15) is 4.79 Å². The van der Waals surface area contributed by atoms with Crippen LogP contribution < -0.4 is 5.32 Å². The molecule has 0 atom stereocenters. The van der Waals surface area contributed by atoms with Gasteiger partial charge in [0.05, 0.1) is 5.41 Å². The minimum absolute atomic E-state index is 0.0511. The van der Waals surface area contributed by atoms with Crippen molar-refractivity contribution in [2.24, 2.45) is 0 Å². The third-order valence-electron chi connectivity index (χ3n) is 4.55. The molecule has 0 fully saturated rings. The van der Waals surface area contributed by atoms with Gasteiger partial charge in [0.15, 0.2) is 0 Å². The Morgan fingerprint density at radius 3 is 1.84 bits per heavy atom. The lowest BCUT2D eigenvalue weighted by Crippen LogP contribution is -2.42. The highest BCUT2D eigenvalue weighted by atomic mass is 35.5. The van der Waals surface area contributed by atoms with Crippen molar-refractivity contribution in [1.82, 2.24) is 5.32 Å². The van der Waals surface area contributed by atoms with Gasteiger partial charge in [-0.2, -0.15) is 0 Å². The lowest BCUT2D eigenvalue weighted by atomic mass is 9.75. The molecular formula is C22H20ClNO. The van der Waals surface area contributed by atoms with E-state index in [0.29, 0.717) is 11.6 Å². The Morgan fingerprint density at radius 2 is 1.32 bits per heavy atom. The van der Waals surface area contributed by atoms with Crippen LogP contribution in [0.3, 0.4) is 0 Å². The van der Waals surface area contributed by atoms with Gasteiger partial charge in [-0.15, -0.1) is 0 Å². The summed E-state index contributed by atoms with van der Waals surface area (Å²) in [5, 5.41) is 3.71. The summed E-state index contributed by atoms with van der Waals surface area (Å²) in [4.78, 5) is 13.2. The van der Waals surface area contributed by atoms with Gasteiger partial charge in [-0.05, 0) is 29.7 Å². The number of nitrogens with one attached hydrogen (secondary N) is 1. The Balaban J connectivity index is 1.92. The fourth-order valence-electron chi connectivity index (χ4n) is 2.97. The molecule has 1 amide bonds. The van der Waals surface area contributed by atoms with Crippen LogP contribution in [0.5, 0.6) is 0 Å². The average molecular weight is 350 g/mol. The van der Waals surface area contributed by atoms with Crippen LogP contribution in [0.1, 0.15) is 23.6 Å². The summed E-state index contributed by atoms with van der Waals surface area (Å²) in [7, 11) is 0. The van der Waals surface area contributed by atoms with Gasteiger partial charge in [-0.1, -0.05) is 90.5 Å². The van der Waals surface area contributed by atoms with Crippen molar-refractivity contribution in [2.45, 2.75) is 18.9 Å². The van der Waals surface area contributed by atoms with Crippen LogP contribution in [0.15, 0.2) is 84.9 Å². The summed E-state index contributed by atoms with van der Waals surface area (Å²) in [5.41, 5.74) is 2.04. The number of hydrogen-bond acceptors (Lipinski definition) is 1. The van der Waals surface area contributed by atoms with E-state index < -0.39 is 5.41 Å². The van der Waals surface area contributed by atoms with Crippen molar-refractivity contribution < 1.29 is 4.79 Å². The van der Waals surface area contributed by atoms with Gasteiger partial charge in [-0.3, -0.25) is 4.79 Å². The minimum Gasteiger partial charge on any atom is -0.351 e. The molecule has 0 spiro atoms. The molecule has 0 bridgehead atoms. The van der Waals surface area contributed by atoms with Crippen LogP contribution in [0, 0.1) is 0 Å². The van der Waals surface area contributed by atoms with Crippen molar-refractivity contribution in [2.75, 3.05) is 0 Å². The largest absolute Gasteiger partial charge is 0.351 e. The van der Waals surface area contributed by atoms with Gasteiger partial charge in [0.1, 0.15) is 0 Å². The number of carbonyl (C=O) groups is 1. The minimum atomic E-state index is -0.774. The van der Waals surface area contributed by atoms with Crippen LogP contribution >= 0.6 is 11.6 Å². The zero-order valence-electron chi connectivity index (χ0n) is 14.1. The van der Waals surface area contributed by atoms with Gasteiger partial charge in [0, 0.05) is 11.6 Å². The third kappa shape index (κ3) is 3.59. The Morgan fingerprint density at radius 1 is 0.840 bits per heavy atom. The Hall–Kier alpha value is -2.58. The van der Waals surface area contributed by atoms with Crippen LogP contribution in [0.2, 0.25) is 5.02 Å². The molecule has 25 heavy (non-hydrogen) atoms. The highest BCUT2D eigenvalue weighted by Gasteiger charge is 2.36. The predicted octanol–water partition coefficient (Wildman–Crippen LogP) is 4.96. The molecule has 0 aliphatic heterocycles. The highest BCUT2D eigenvalue weighted by Crippen LogP contribution is 2.32. The molecule has 0 unspecified atom stereocenters. The van der Waals surface area contributed by atoms with Crippen LogP contribution in [-0.2, 0) is 16.8 Å². The van der Waals surface area contributed by atoms with Gasteiger partial charge < -0.3 is 5.32 Å². The second kappa shape index (κ2) is 7.54. The molecule has 0 aromatic heterocycles. The van der Waals surface area contributed by atoms with E-state index in [1.807, 2.05) is 91.9 Å². The van der Waals surface area contributed by atoms with E-state index in [2.05, 4.69) is 5.32 Å². The summed E-state index contributed by atoms with van der Waals surface area (Å²) >= 11 is 6.20. The topological polar surface area (TPSA) is 29.1 Å². The van der Waals surface area contributed by atoms with Crippen molar-refractivity contribution in [3.63, 3.8) is 0 Å². The van der Waals surface area contributed by atoms with Crippen LogP contribution in [0.25, 0.3) is 0 Å². The molecule has 0 radical (unpaired) electrons. The maximum absolute atomic E-state index is 13.2. The average Bonchev–Trinajstić information content (AvgIpc) is 2.68. The molecular weight excluding hydrogens is 330 g/mol. The number of halogens is 1. The second-order valence-electron chi connectivity index (χ2n) is 6.13. The van der Waals surface area contributed by atoms with Crippen molar-refractivity contribution in [3.8, 4) is 0 Å². The summed E-state index contributed by atoms with van der Waals surface area (Å²) in [5.74, 6) is -0.0511. The molecule has 0 heterocycles. The molecule has 2 nitrogen and oxygen atoms in total. The zero-order valence-corrected chi connectivity index (χ0v) is 14.8. The third-order valence-corrected chi connectivity index (χ3v) is 4.92. The standard InChI is InChI=1S/C22H20ClNO/c1-22(18-11-4-2-5-12-18,19-13-6-3-7-14-19)21(25)24-16-17-10-8-9-15-20(17)23/h2-15H,16H2,1H3,(H,24,25). The van der Waals surface area contributed by atoms with Crippen molar-refractivity contribution in [1.29, 1.82) is 0 Å². The van der Waals surface area contributed by atoms with Crippen LogP contribution in [-0.4, -0.2) is 5.91 Å². The maximum Gasteiger partial charge on any atom is 0.235 e. The first-order valence-electron chi connectivity index (χ1n) is 8.25. The molecule has 126 valence electrons. The molecule has 3 aromatic rings. The number of benzene rings is 3. The first kappa shape index (κ1) is 17.2. The van der Waals surface area contributed by atoms with E-state index in [-0.39, 0.29) is 5.91 Å². The summed E-state index contributed by atoms with van der Waals surface area (Å²) in [6.07, 6.45) is 0. The quantitative estimate of drug-likeness (QED) is 0.692. The molecule has 1 N–H and O–H groups in total.